The van der Waals surface area contributed by atoms with Gasteiger partial charge in [0.05, 0.1) is 10.6 Å². The summed E-state index contributed by atoms with van der Waals surface area (Å²) >= 11 is 0. The van der Waals surface area contributed by atoms with E-state index in [1.54, 1.807) is 54.6 Å². The van der Waals surface area contributed by atoms with Gasteiger partial charge >= 0.3 is 6.01 Å². The molecule has 0 radical (unpaired) electrons. The lowest BCUT2D eigenvalue weighted by Crippen LogP contribution is -2.12. The minimum atomic E-state index is -3.49. The van der Waals surface area contributed by atoms with E-state index in [9.17, 15) is 18.0 Å². The van der Waals surface area contributed by atoms with Crippen molar-refractivity contribution in [1.82, 2.24) is 10.2 Å². The molecule has 0 aliphatic heterocycles. The largest absolute Gasteiger partial charge is 0.408 e. The van der Waals surface area contributed by atoms with E-state index in [1.165, 1.54) is 24.3 Å². The fourth-order valence-corrected chi connectivity index (χ4v) is 4.32. The first-order valence-corrected chi connectivity index (χ1v) is 11.7. The highest BCUT2D eigenvalue weighted by Gasteiger charge is 2.18. The number of carbonyl (C=O) groups excluding carboxylic acids is 2. The van der Waals surface area contributed by atoms with Crippen LogP contribution in [0.2, 0.25) is 0 Å². The van der Waals surface area contributed by atoms with Crippen molar-refractivity contribution in [3.63, 3.8) is 0 Å². The van der Waals surface area contributed by atoms with Gasteiger partial charge in [-0.1, -0.05) is 65.8 Å². The van der Waals surface area contributed by atoms with Crippen LogP contribution in [0.3, 0.4) is 0 Å². The summed E-state index contributed by atoms with van der Waals surface area (Å²) in [5, 5.41) is 10.0. The molecule has 0 aliphatic rings. The smallest absolute Gasteiger partial charge is 0.322 e. The van der Waals surface area contributed by atoms with Crippen LogP contribution in [0.15, 0.2) is 94.2 Å². The lowest BCUT2D eigenvalue weighted by molar-refractivity contribution is 0.101. The highest BCUT2D eigenvalue weighted by atomic mass is 32.2. The summed E-state index contributed by atoms with van der Waals surface area (Å²) in [6.45, 7) is 0. The normalized spacial score (nSPS) is 11.2. The van der Waals surface area contributed by atoms with Crippen molar-refractivity contribution >= 4 is 27.5 Å². The number of hydrogen-bond acceptors (Lipinski definition) is 7. The van der Waals surface area contributed by atoms with Crippen LogP contribution in [-0.2, 0) is 16.3 Å². The number of ketones is 1. The fourth-order valence-electron chi connectivity index (χ4n) is 3.07. The lowest BCUT2D eigenvalue weighted by atomic mass is 10.0. The monoisotopic (exact) mass is 461 g/mol. The van der Waals surface area contributed by atoms with Gasteiger partial charge in [-0.15, -0.1) is 5.10 Å². The molecule has 0 saturated carbocycles. The molecule has 3 aromatic carbocycles. The first-order valence-electron chi connectivity index (χ1n) is 10.0. The number of hydrogen-bond donors (Lipinski definition) is 1. The summed E-state index contributed by atoms with van der Waals surface area (Å²) in [5.74, 6) is -0.757. The molecule has 0 spiro atoms. The first-order chi connectivity index (χ1) is 15.9. The lowest BCUT2D eigenvalue weighted by Gasteiger charge is -2.04. The van der Waals surface area contributed by atoms with Crippen LogP contribution in [0.4, 0.5) is 6.01 Å². The number of nitrogens with one attached hydrogen (secondary N) is 1. The van der Waals surface area contributed by atoms with Crippen molar-refractivity contribution in [1.29, 1.82) is 0 Å². The summed E-state index contributed by atoms with van der Waals surface area (Å²) in [7, 11) is -3.49. The second-order valence-electron chi connectivity index (χ2n) is 7.11. The van der Waals surface area contributed by atoms with Crippen LogP contribution in [0.1, 0.15) is 32.2 Å². The van der Waals surface area contributed by atoms with Gasteiger partial charge < -0.3 is 4.42 Å². The summed E-state index contributed by atoms with van der Waals surface area (Å²) in [6.07, 6.45) is 0.0103. The Balaban J connectivity index is 1.36. The maximum Gasteiger partial charge on any atom is 0.322 e. The third kappa shape index (κ3) is 5.39. The minimum Gasteiger partial charge on any atom is -0.408 e. The molecule has 33 heavy (non-hydrogen) atoms. The van der Waals surface area contributed by atoms with Gasteiger partial charge in [0.25, 0.3) is 5.91 Å². The molecule has 0 saturated heterocycles. The van der Waals surface area contributed by atoms with Gasteiger partial charge in [-0.25, -0.2) is 8.42 Å². The predicted molar refractivity (Wildman–Crippen MR) is 121 cm³/mol. The van der Waals surface area contributed by atoms with Gasteiger partial charge in [-0.3, -0.25) is 14.9 Å². The Kier molecular flexibility index (Phi) is 6.41. The van der Waals surface area contributed by atoms with Gasteiger partial charge in [-0.05, 0) is 24.3 Å². The summed E-state index contributed by atoms with van der Waals surface area (Å²) in [6, 6.07) is 23.0. The van der Waals surface area contributed by atoms with Crippen molar-refractivity contribution in [2.45, 2.75) is 11.3 Å². The third-order valence-electron chi connectivity index (χ3n) is 4.82. The summed E-state index contributed by atoms with van der Waals surface area (Å²) in [5.41, 5.74) is 1.31. The van der Waals surface area contributed by atoms with Gasteiger partial charge in [0, 0.05) is 23.1 Å². The highest BCUT2D eigenvalue weighted by Crippen LogP contribution is 2.15. The summed E-state index contributed by atoms with van der Waals surface area (Å²) in [4.78, 5) is 25.1. The molecule has 0 unspecified atom stereocenters. The predicted octanol–water partition coefficient (Wildman–Crippen LogP) is 3.57. The molecule has 0 fully saturated rings. The average Bonchev–Trinajstić information content (AvgIpc) is 3.31. The Morgan fingerprint density at radius 2 is 1.33 bits per heavy atom. The number of sulfone groups is 1. The molecule has 0 bridgehead atoms. The SMILES string of the molecule is O=C(Nc1nnc(CCS(=O)(=O)c2ccccc2)o1)c1ccc(C(=O)c2ccccc2)cc1. The molecule has 4 aromatic rings. The number of amides is 1. The Morgan fingerprint density at radius 3 is 2.00 bits per heavy atom. The Morgan fingerprint density at radius 1 is 0.758 bits per heavy atom. The number of nitrogens with zero attached hydrogens (tertiary/aromatic N) is 2. The highest BCUT2D eigenvalue weighted by molar-refractivity contribution is 7.91. The number of aromatic nitrogens is 2. The van der Waals surface area contributed by atoms with E-state index >= 15 is 0 Å². The van der Waals surface area contributed by atoms with Crippen LogP contribution < -0.4 is 5.32 Å². The summed E-state index contributed by atoms with van der Waals surface area (Å²) < 4.78 is 30.1. The van der Waals surface area contributed by atoms with Crippen molar-refractivity contribution in [2.75, 3.05) is 11.1 Å². The molecule has 1 heterocycles. The molecule has 166 valence electrons. The first kappa shape index (κ1) is 22.1. The quantitative estimate of drug-likeness (QED) is 0.398. The van der Waals surface area contributed by atoms with Gasteiger partial charge in [-0.2, -0.15) is 0 Å². The van der Waals surface area contributed by atoms with Crippen LogP contribution in [-0.4, -0.2) is 36.1 Å². The molecular formula is C24H19N3O5S. The van der Waals surface area contributed by atoms with E-state index in [-0.39, 0.29) is 34.8 Å². The number of aryl methyl sites for hydroxylation is 1. The molecule has 4 rings (SSSR count). The fraction of sp³-hybridized carbons (Fsp3) is 0.0833. The van der Waals surface area contributed by atoms with Crippen molar-refractivity contribution < 1.29 is 22.4 Å². The Bertz CT molecular complexity index is 1370. The van der Waals surface area contributed by atoms with E-state index in [2.05, 4.69) is 15.5 Å². The van der Waals surface area contributed by atoms with Gasteiger partial charge in [0.2, 0.25) is 5.89 Å². The number of rotatable bonds is 8. The molecule has 9 heteroatoms. The van der Waals surface area contributed by atoms with E-state index in [0.29, 0.717) is 16.7 Å². The maximum atomic E-state index is 12.5. The Hall–Kier alpha value is -4.11. The zero-order valence-corrected chi connectivity index (χ0v) is 18.2. The Labute approximate surface area is 190 Å². The zero-order chi connectivity index (χ0) is 23.3. The van der Waals surface area contributed by atoms with Crippen molar-refractivity contribution in [3.05, 3.63) is 108 Å². The van der Waals surface area contributed by atoms with Crippen LogP contribution in [0, 0.1) is 0 Å². The molecule has 0 atom stereocenters. The number of benzene rings is 3. The second-order valence-corrected chi connectivity index (χ2v) is 9.22. The molecule has 1 N–H and O–H groups in total. The second kappa shape index (κ2) is 9.58. The molecular weight excluding hydrogens is 442 g/mol. The standard InChI is InChI=1S/C24H19N3O5S/c28-22(17-7-3-1-4-8-17)18-11-13-19(14-12-18)23(29)25-24-27-26-21(32-24)15-16-33(30,31)20-9-5-2-6-10-20/h1-14H,15-16H2,(H,25,27,29). The van der Waals surface area contributed by atoms with Gasteiger partial charge in [0.1, 0.15) is 0 Å². The maximum absolute atomic E-state index is 12.5. The van der Waals surface area contributed by atoms with Crippen molar-refractivity contribution in [2.24, 2.45) is 0 Å². The van der Waals surface area contributed by atoms with Crippen LogP contribution in [0.5, 0.6) is 0 Å². The number of carbonyl (C=O) groups is 2. The number of anilines is 1. The van der Waals surface area contributed by atoms with Crippen molar-refractivity contribution in [3.8, 4) is 0 Å². The van der Waals surface area contributed by atoms with E-state index in [0.717, 1.165) is 0 Å². The molecule has 1 aromatic heterocycles. The van der Waals surface area contributed by atoms with Gasteiger partial charge in [0.15, 0.2) is 15.6 Å². The third-order valence-corrected chi connectivity index (χ3v) is 6.55. The van der Waals surface area contributed by atoms with E-state index in [4.69, 9.17) is 4.42 Å². The van der Waals surface area contributed by atoms with Crippen LogP contribution in [0.25, 0.3) is 0 Å². The molecule has 8 nitrogen and oxygen atoms in total. The average molecular weight is 461 g/mol. The minimum absolute atomic E-state index is 0.0103. The molecule has 1 amide bonds. The van der Waals surface area contributed by atoms with Crippen LogP contribution >= 0.6 is 0 Å². The zero-order valence-electron chi connectivity index (χ0n) is 17.3. The van der Waals surface area contributed by atoms with E-state index in [1.807, 2.05) is 6.07 Å². The molecule has 0 aliphatic carbocycles. The topological polar surface area (TPSA) is 119 Å². The van der Waals surface area contributed by atoms with E-state index < -0.39 is 15.7 Å².